The highest BCUT2D eigenvalue weighted by molar-refractivity contribution is 7.90. The molecule has 1 aromatic rings. The molecule has 19 heavy (non-hydrogen) atoms. The fourth-order valence-electron chi connectivity index (χ4n) is 1.66. The molecule has 0 spiro atoms. The maximum Gasteiger partial charge on any atom is 0.310 e. The zero-order chi connectivity index (χ0) is 14.6. The number of hydrogen-bond donors (Lipinski definition) is 2. The van der Waals surface area contributed by atoms with Crippen molar-refractivity contribution in [3.8, 4) is 0 Å². The van der Waals surface area contributed by atoms with Gasteiger partial charge < -0.3 is 10.4 Å². The number of aliphatic hydroxyl groups excluding tert-OH is 1. The second kappa shape index (κ2) is 5.98. The van der Waals surface area contributed by atoms with Gasteiger partial charge in [0.25, 0.3) is 0 Å². The summed E-state index contributed by atoms with van der Waals surface area (Å²) in [7, 11) is -3.68. The molecule has 1 atom stereocenters. The molecule has 0 aliphatic carbocycles. The maximum atomic E-state index is 11.5. The number of rotatable bonds is 6. The molecule has 1 aromatic carbocycles. The molecule has 0 saturated heterocycles. The number of nitrogens with zero attached hydrogens (tertiary/aromatic N) is 1. The number of nitrogens with one attached hydrogen (secondary N) is 1. The Morgan fingerprint density at radius 1 is 1.47 bits per heavy atom. The van der Waals surface area contributed by atoms with Crippen molar-refractivity contribution in [2.45, 2.75) is 24.3 Å². The number of nitro groups is 1. The Hall–Kier alpha value is -1.67. The molecule has 0 amide bonds. The summed E-state index contributed by atoms with van der Waals surface area (Å²) in [6.07, 6.45) is 1.33. The number of benzene rings is 1. The predicted molar refractivity (Wildman–Crippen MR) is 71.0 cm³/mol. The van der Waals surface area contributed by atoms with E-state index in [0.717, 1.165) is 6.26 Å². The molecule has 0 aliphatic heterocycles. The van der Waals surface area contributed by atoms with Crippen LogP contribution in [0.5, 0.6) is 0 Å². The van der Waals surface area contributed by atoms with Gasteiger partial charge in [0.2, 0.25) is 0 Å². The first-order valence-corrected chi connectivity index (χ1v) is 7.51. The molecule has 0 radical (unpaired) electrons. The average Bonchev–Trinajstić information content (AvgIpc) is 2.27. The van der Waals surface area contributed by atoms with E-state index >= 15 is 0 Å². The van der Waals surface area contributed by atoms with Gasteiger partial charge in [-0.25, -0.2) is 8.42 Å². The van der Waals surface area contributed by atoms with Crippen LogP contribution in [0, 0.1) is 10.1 Å². The normalized spacial score (nSPS) is 13.0. The van der Waals surface area contributed by atoms with Crippen molar-refractivity contribution in [2.24, 2.45) is 0 Å². The van der Waals surface area contributed by atoms with Gasteiger partial charge in [-0.05, 0) is 25.5 Å². The van der Waals surface area contributed by atoms with Crippen molar-refractivity contribution in [1.82, 2.24) is 0 Å². The van der Waals surface area contributed by atoms with Crippen molar-refractivity contribution in [3.63, 3.8) is 0 Å². The number of anilines is 1. The van der Waals surface area contributed by atoms with Crippen molar-refractivity contribution < 1.29 is 18.4 Å². The molecule has 8 heteroatoms. The van der Waals surface area contributed by atoms with Gasteiger partial charge in [0.15, 0.2) is 9.84 Å². The summed E-state index contributed by atoms with van der Waals surface area (Å²) in [5.41, 5.74) is -0.330. The fourth-order valence-corrected chi connectivity index (χ4v) is 2.52. The predicted octanol–water partition coefficient (Wildman–Crippen LogP) is 1.18. The van der Waals surface area contributed by atoms with Crippen LogP contribution in [-0.4, -0.2) is 37.4 Å². The minimum absolute atomic E-state index is 0.0618. The fraction of sp³-hybridized carbons (Fsp3) is 0.455. The van der Waals surface area contributed by atoms with E-state index in [4.69, 9.17) is 5.11 Å². The van der Waals surface area contributed by atoms with Crippen LogP contribution in [0.2, 0.25) is 0 Å². The second-order valence-corrected chi connectivity index (χ2v) is 6.22. The minimum Gasteiger partial charge on any atom is -0.396 e. The topological polar surface area (TPSA) is 110 Å². The lowest BCUT2D eigenvalue weighted by Crippen LogP contribution is -2.18. The molecule has 0 aliphatic rings. The highest BCUT2D eigenvalue weighted by Crippen LogP contribution is 2.32. The Labute approximate surface area is 111 Å². The minimum atomic E-state index is -3.68. The van der Waals surface area contributed by atoms with E-state index in [-0.39, 0.29) is 23.2 Å². The molecule has 106 valence electrons. The van der Waals surface area contributed by atoms with Crippen LogP contribution < -0.4 is 5.32 Å². The number of para-hydroxylation sites is 1. The highest BCUT2D eigenvalue weighted by Gasteiger charge is 2.26. The Morgan fingerprint density at radius 2 is 2.11 bits per heavy atom. The first kappa shape index (κ1) is 15.4. The first-order valence-electron chi connectivity index (χ1n) is 5.62. The van der Waals surface area contributed by atoms with Crippen molar-refractivity contribution in [3.05, 3.63) is 28.3 Å². The summed E-state index contributed by atoms with van der Waals surface area (Å²) in [6.45, 7) is 1.68. The van der Waals surface area contributed by atoms with Crippen molar-refractivity contribution >= 4 is 21.2 Å². The maximum absolute atomic E-state index is 11.5. The van der Waals surface area contributed by atoms with Gasteiger partial charge >= 0.3 is 5.69 Å². The quantitative estimate of drug-likeness (QED) is 0.601. The van der Waals surface area contributed by atoms with Gasteiger partial charge in [-0.2, -0.15) is 0 Å². The molecular formula is C11H16N2O5S. The van der Waals surface area contributed by atoms with E-state index < -0.39 is 20.4 Å². The average molecular weight is 288 g/mol. The summed E-state index contributed by atoms with van der Waals surface area (Å²) >= 11 is 0. The lowest BCUT2D eigenvalue weighted by molar-refractivity contribution is -0.386. The van der Waals surface area contributed by atoms with Crippen LogP contribution in [0.15, 0.2) is 23.1 Å². The molecule has 0 heterocycles. The number of sulfone groups is 1. The lowest BCUT2D eigenvalue weighted by Gasteiger charge is -2.15. The van der Waals surface area contributed by atoms with Gasteiger partial charge in [0, 0.05) is 18.9 Å². The monoisotopic (exact) mass is 288 g/mol. The zero-order valence-electron chi connectivity index (χ0n) is 10.7. The summed E-state index contributed by atoms with van der Waals surface area (Å²) in [5.74, 6) is 0. The largest absolute Gasteiger partial charge is 0.396 e. The van der Waals surface area contributed by atoms with Crippen LogP contribution in [0.3, 0.4) is 0 Å². The third-order valence-corrected chi connectivity index (χ3v) is 3.67. The van der Waals surface area contributed by atoms with Crippen LogP contribution >= 0.6 is 0 Å². The number of hydrogen-bond acceptors (Lipinski definition) is 6. The van der Waals surface area contributed by atoms with E-state index in [1.165, 1.54) is 18.2 Å². The van der Waals surface area contributed by atoms with Crippen LogP contribution in [-0.2, 0) is 9.84 Å². The number of nitro benzene ring substituents is 1. The SMILES string of the molecule is CC(CCO)Nc1cccc(S(C)(=O)=O)c1[N+](=O)[O-]. The lowest BCUT2D eigenvalue weighted by atomic mass is 10.2. The van der Waals surface area contributed by atoms with E-state index in [1.807, 2.05) is 0 Å². The Balaban J connectivity index is 3.29. The van der Waals surface area contributed by atoms with E-state index in [2.05, 4.69) is 5.32 Å². The summed E-state index contributed by atoms with van der Waals surface area (Å²) in [6, 6.07) is 3.88. The third-order valence-electron chi connectivity index (χ3n) is 2.55. The van der Waals surface area contributed by atoms with Crippen LogP contribution in [0.25, 0.3) is 0 Å². The Kier molecular flexibility index (Phi) is 4.84. The van der Waals surface area contributed by atoms with Gasteiger partial charge in [-0.15, -0.1) is 0 Å². The molecule has 2 N–H and O–H groups in total. The van der Waals surface area contributed by atoms with Crippen LogP contribution in [0.1, 0.15) is 13.3 Å². The van der Waals surface area contributed by atoms with Gasteiger partial charge in [0.05, 0.1) is 4.92 Å². The van der Waals surface area contributed by atoms with Gasteiger partial charge in [0.1, 0.15) is 10.6 Å². The van der Waals surface area contributed by atoms with E-state index in [9.17, 15) is 18.5 Å². The molecule has 0 saturated carbocycles. The molecule has 1 rings (SSSR count). The smallest absolute Gasteiger partial charge is 0.310 e. The molecule has 0 bridgehead atoms. The molecule has 1 unspecified atom stereocenters. The molecular weight excluding hydrogens is 272 g/mol. The van der Waals surface area contributed by atoms with E-state index in [1.54, 1.807) is 6.92 Å². The molecule has 0 aromatic heterocycles. The Morgan fingerprint density at radius 3 is 2.58 bits per heavy atom. The highest BCUT2D eigenvalue weighted by atomic mass is 32.2. The summed E-state index contributed by atoms with van der Waals surface area (Å²) in [5, 5.41) is 22.7. The molecule has 0 fully saturated rings. The van der Waals surface area contributed by atoms with Crippen molar-refractivity contribution in [2.75, 3.05) is 18.2 Å². The second-order valence-electron chi connectivity index (χ2n) is 4.24. The standard InChI is InChI=1S/C11H16N2O5S/c1-8(6-7-14)12-9-4-3-5-10(19(2,17)18)11(9)13(15)16/h3-5,8,12,14H,6-7H2,1-2H3. The van der Waals surface area contributed by atoms with Gasteiger partial charge in [-0.1, -0.05) is 6.07 Å². The zero-order valence-corrected chi connectivity index (χ0v) is 11.5. The number of aliphatic hydroxyl groups is 1. The summed E-state index contributed by atoms with van der Waals surface area (Å²) in [4.78, 5) is 10.0. The van der Waals surface area contributed by atoms with Crippen LogP contribution in [0.4, 0.5) is 11.4 Å². The Bertz CT molecular complexity index is 570. The van der Waals surface area contributed by atoms with Crippen molar-refractivity contribution in [1.29, 1.82) is 0 Å². The molecule has 7 nitrogen and oxygen atoms in total. The first-order chi connectivity index (χ1) is 8.77. The van der Waals surface area contributed by atoms with E-state index in [0.29, 0.717) is 6.42 Å². The van der Waals surface area contributed by atoms with Gasteiger partial charge in [-0.3, -0.25) is 10.1 Å². The summed E-state index contributed by atoms with van der Waals surface area (Å²) < 4.78 is 23.1. The third kappa shape index (κ3) is 3.90.